The normalized spacial score (nSPS) is 13.2. The van der Waals surface area contributed by atoms with Crippen LogP contribution in [0, 0.1) is 0 Å². The standard InChI is InChI=1S/C14H33NO6P2/c1-7-18-22(16,19-8-2)14(12-11-13-15(5)6)23(17,20-9-3)21-10-4/h14H,7-13H2,1-6H3. The van der Waals surface area contributed by atoms with Crippen LogP contribution in [0.3, 0.4) is 0 Å². The van der Waals surface area contributed by atoms with Crippen molar-refractivity contribution in [3.8, 4) is 0 Å². The fraction of sp³-hybridized carbons (Fsp3) is 1.00. The van der Waals surface area contributed by atoms with E-state index >= 15 is 0 Å². The van der Waals surface area contributed by atoms with Gasteiger partial charge in [-0.3, -0.25) is 9.13 Å². The molecule has 0 unspecified atom stereocenters. The molecule has 0 amide bonds. The molecule has 0 saturated heterocycles. The van der Waals surface area contributed by atoms with Crippen LogP contribution in [0.15, 0.2) is 0 Å². The van der Waals surface area contributed by atoms with Crippen LogP contribution in [-0.2, 0) is 27.2 Å². The Morgan fingerprint density at radius 2 is 1.13 bits per heavy atom. The minimum Gasteiger partial charge on any atom is -0.309 e. The van der Waals surface area contributed by atoms with Crippen LogP contribution in [0.25, 0.3) is 0 Å². The smallest absolute Gasteiger partial charge is 0.309 e. The predicted molar refractivity (Wildman–Crippen MR) is 93.3 cm³/mol. The van der Waals surface area contributed by atoms with E-state index < -0.39 is 20.6 Å². The third-order valence-electron chi connectivity index (χ3n) is 3.03. The first-order valence-electron chi connectivity index (χ1n) is 8.21. The van der Waals surface area contributed by atoms with Crippen LogP contribution in [-0.4, -0.2) is 57.4 Å². The first-order chi connectivity index (χ1) is 10.8. The van der Waals surface area contributed by atoms with E-state index in [0.717, 1.165) is 6.54 Å². The molecule has 0 atom stereocenters. The molecular formula is C14H33NO6P2. The molecule has 0 aromatic carbocycles. The van der Waals surface area contributed by atoms with Crippen molar-refractivity contribution in [2.75, 3.05) is 47.1 Å². The van der Waals surface area contributed by atoms with Gasteiger partial charge in [-0.25, -0.2) is 0 Å². The molecule has 0 aliphatic rings. The van der Waals surface area contributed by atoms with Crippen molar-refractivity contribution in [2.24, 2.45) is 0 Å². The third-order valence-corrected chi connectivity index (χ3v) is 9.18. The molecule has 0 rings (SSSR count). The Kier molecular flexibility index (Phi) is 11.9. The van der Waals surface area contributed by atoms with Crippen LogP contribution < -0.4 is 0 Å². The van der Waals surface area contributed by atoms with Crippen LogP contribution in [0.4, 0.5) is 0 Å². The molecule has 0 N–H and O–H groups in total. The number of nitrogens with zero attached hydrogens (tertiary/aromatic N) is 1. The molecular weight excluding hydrogens is 340 g/mol. The van der Waals surface area contributed by atoms with Gasteiger partial charge < -0.3 is 23.0 Å². The minimum absolute atomic E-state index is 0.208. The summed E-state index contributed by atoms with van der Waals surface area (Å²) in [6.07, 6.45) is 1.07. The van der Waals surface area contributed by atoms with Crippen molar-refractivity contribution in [2.45, 2.75) is 45.9 Å². The van der Waals surface area contributed by atoms with Crippen molar-refractivity contribution < 1.29 is 27.2 Å². The Balaban J connectivity index is 5.55. The second-order valence-corrected chi connectivity index (χ2v) is 10.0. The second kappa shape index (κ2) is 11.8. The van der Waals surface area contributed by atoms with Gasteiger partial charge in [0.05, 0.1) is 26.4 Å². The monoisotopic (exact) mass is 373 g/mol. The van der Waals surface area contributed by atoms with Gasteiger partial charge in [0.15, 0.2) is 5.40 Å². The largest absolute Gasteiger partial charge is 0.345 e. The molecule has 0 saturated carbocycles. The van der Waals surface area contributed by atoms with Gasteiger partial charge in [0.1, 0.15) is 0 Å². The van der Waals surface area contributed by atoms with Crippen molar-refractivity contribution in [3.63, 3.8) is 0 Å². The lowest BCUT2D eigenvalue weighted by atomic mass is 10.3. The van der Waals surface area contributed by atoms with Gasteiger partial charge in [-0.2, -0.15) is 0 Å². The topological polar surface area (TPSA) is 74.3 Å². The van der Waals surface area contributed by atoms with Gasteiger partial charge in [0, 0.05) is 0 Å². The molecule has 140 valence electrons. The maximum absolute atomic E-state index is 13.2. The molecule has 0 aliphatic carbocycles. The zero-order valence-corrected chi connectivity index (χ0v) is 17.1. The van der Waals surface area contributed by atoms with E-state index in [-0.39, 0.29) is 26.4 Å². The van der Waals surface area contributed by atoms with E-state index in [1.54, 1.807) is 27.7 Å². The van der Waals surface area contributed by atoms with E-state index in [1.165, 1.54) is 0 Å². The van der Waals surface area contributed by atoms with E-state index in [0.29, 0.717) is 12.8 Å². The maximum Gasteiger partial charge on any atom is 0.345 e. The predicted octanol–water partition coefficient (Wildman–Crippen LogP) is 4.19. The lowest BCUT2D eigenvalue weighted by Gasteiger charge is -2.31. The molecule has 7 nitrogen and oxygen atoms in total. The summed E-state index contributed by atoms with van der Waals surface area (Å²) >= 11 is 0. The van der Waals surface area contributed by atoms with Gasteiger partial charge in [0.2, 0.25) is 0 Å². The summed E-state index contributed by atoms with van der Waals surface area (Å²) in [5.74, 6) is 0. The Morgan fingerprint density at radius 3 is 1.39 bits per heavy atom. The highest BCUT2D eigenvalue weighted by Gasteiger charge is 2.50. The fourth-order valence-corrected chi connectivity index (χ4v) is 7.68. The zero-order chi connectivity index (χ0) is 17.9. The lowest BCUT2D eigenvalue weighted by Crippen LogP contribution is -2.20. The summed E-state index contributed by atoms with van der Waals surface area (Å²) in [6, 6.07) is 0. The third kappa shape index (κ3) is 7.78. The first-order valence-corrected chi connectivity index (χ1v) is 11.4. The summed E-state index contributed by atoms with van der Waals surface area (Å²) in [7, 11) is -3.31. The Hall–Kier alpha value is 0.260. The highest BCUT2D eigenvalue weighted by atomic mass is 31.2. The molecule has 9 heteroatoms. The van der Waals surface area contributed by atoms with Gasteiger partial charge in [-0.15, -0.1) is 0 Å². The Morgan fingerprint density at radius 1 is 0.783 bits per heavy atom. The maximum atomic E-state index is 13.2. The van der Waals surface area contributed by atoms with Gasteiger partial charge in [-0.05, 0) is 61.2 Å². The Bertz CT molecular complexity index is 355. The average Bonchev–Trinajstić information content (AvgIpc) is 2.44. The summed E-state index contributed by atoms with van der Waals surface area (Å²) in [4.78, 5) is 2.01. The first kappa shape index (κ1) is 23.3. The van der Waals surface area contributed by atoms with E-state index in [4.69, 9.17) is 18.1 Å². The summed E-state index contributed by atoms with van der Waals surface area (Å²) in [6.45, 7) is 8.53. The number of rotatable bonds is 14. The van der Waals surface area contributed by atoms with Gasteiger partial charge in [-0.1, -0.05) is 0 Å². The van der Waals surface area contributed by atoms with Crippen LogP contribution in [0.2, 0.25) is 0 Å². The van der Waals surface area contributed by atoms with Crippen LogP contribution in [0.1, 0.15) is 40.5 Å². The van der Waals surface area contributed by atoms with E-state index in [1.807, 2.05) is 19.0 Å². The summed E-state index contributed by atoms with van der Waals surface area (Å²) in [5.41, 5.74) is 0. The van der Waals surface area contributed by atoms with Crippen molar-refractivity contribution in [3.05, 3.63) is 0 Å². The molecule has 0 bridgehead atoms. The highest BCUT2D eigenvalue weighted by molar-refractivity contribution is 7.72. The zero-order valence-electron chi connectivity index (χ0n) is 15.3. The molecule has 23 heavy (non-hydrogen) atoms. The van der Waals surface area contributed by atoms with Crippen molar-refractivity contribution in [1.29, 1.82) is 0 Å². The quantitative estimate of drug-likeness (QED) is 0.423. The Labute approximate surface area is 141 Å². The van der Waals surface area contributed by atoms with E-state index in [2.05, 4.69) is 0 Å². The minimum atomic E-state index is -3.60. The number of hydrogen-bond acceptors (Lipinski definition) is 7. The molecule has 0 aromatic heterocycles. The molecule has 0 radical (unpaired) electrons. The SMILES string of the molecule is CCOP(=O)(OCC)C(CCCN(C)C)P(=O)(OCC)OCC. The number of hydrogen-bond donors (Lipinski definition) is 0. The highest BCUT2D eigenvalue weighted by Crippen LogP contribution is 2.71. The molecule has 0 aliphatic heterocycles. The molecule has 0 fully saturated rings. The van der Waals surface area contributed by atoms with Crippen LogP contribution in [0.5, 0.6) is 0 Å². The summed E-state index contributed by atoms with van der Waals surface area (Å²) in [5, 5.41) is -0.908. The van der Waals surface area contributed by atoms with Gasteiger partial charge in [0.25, 0.3) is 0 Å². The summed E-state index contributed by atoms with van der Waals surface area (Å²) < 4.78 is 48.1. The molecule has 0 aromatic rings. The van der Waals surface area contributed by atoms with Crippen molar-refractivity contribution >= 4 is 15.2 Å². The van der Waals surface area contributed by atoms with Crippen molar-refractivity contribution in [1.82, 2.24) is 4.90 Å². The second-order valence-electron chi connectivity index (χ2n) is 5.18. The average molecular weight is 373 g/mol. The molecule has 0 heterocycles. The molecule has 0 spiro atoms. The fourth-order valence-electron chi connectivity index (χ4n) is 2.22. The lowest BCUT2D eigenvalue weighted by molar-refractivity contribution is 0.192. The van der Waals surface area contributed by atoms with E-state index in [9.17, 15) is 9.13 Å². The van der Waals surface area contributed by atoms with Gasteiger partial charge >= 0.3 is 15.2 Å². The van der Waals surface area contributed by atoms with Crippen LogP contribution >= 0.6 is 15.2 Å².